The molecule has 0 atom stereocenters. The minimum Gasteiger partial charge on any atom is -0.312 e. The van der Waals surface area contributed by atoms with Crippen molar-refractivity contribution in [3.63, 3.8) is 0 Å². The average Bonchev–Trinajstić information content (AvgIpc) is 2.35. The molecular weight excluding hydrogens is 268 g/mol. The highest BCUT2D eigenvalue weighted by molar-refractivity contribution is 7.91. The van der Waals surface area contributed by atoms with Crippen molar-refractivity contribution in [2.75, 3.05) is 18.1 Å². The van der Waals surface area contributed by atoms with Crippen molar-refractivity contribution in [2.24, 2.45) is 0 Å². The second-order valence-electron chi connectivity index (χ2n) is 4.26. The highest BCUT2D eigenvalue weighted by Gasteiger charge is 2.09. The number of nitro groups is 1. The third kappa shape index (κ3) is 5.80. The van der Waals surface area contributed by atoms with Gasteiger partial charge in [-0.25, -0.2) is 8.42 Å². The van der Waals surface area contributed by atoms with Crippen molar-refractivity contribution < 1.29 is 13.3 Å². The minimum atomic E-state index is -2.98. The van der Waals surface area contributed by atoms with Crippen LogP contribution in [0.1, 0.15) is 18.9 Å². The molecule has 19 heavy (non-hydrogen) atoms. The van der Waals surface area contributed by atoms with Crippen LogP contribution in [0.25, 0.3) is 0 Å². The lowest BCUT2D eigenvalue weighted by atomic mass is 10.2. The quantitative estimate of drug-likeness (QED) is 0.444. The molecule has 0 fully saturated rings. The van der Waals surface area contributed by atoms with Gasteiger partial charge in [0.15, 0.2) is 9.84 Å². The molecule has 0 aliphatic heterocycles. The van der Waals surface area contributed by atoms with Gasteiger partial charge >= 0.3 is 0 Å². The Morgan fingerprint density at radius 1 is 1.32 bits per heavy atom. The number of nitro benzene ring substituents is 1. The molecule has 1 N–H and O–H groups in total. The maximum absolute atomic E-state index is 11.5. The van der Waals surface area contributed by atoms with Crippen LogP contribution in [-0.2, 0) is 16.4 Å². The van der Waals surface area contributed by atoms with Crippen molar-refractivity contribution in [1.29, 1.82) is 0 Å². The van der Waals surface area contributed by atoms with Gasteiger partial charge < -0.3 is 5.32 Å². The Kier molecular flexibility index (Phi) is 5.91. The fourth-order valence-electron chi connectivity index (χ4n) is 1.65. The zero-order chi connectivity index (χ0) is 14.3. The lowest BCUT2D eigenvalue weighted by Gasteiger charge is -2.05. The predicted molar refractivity (Wildman–Crippen MR) is 73.7 cm³/mol. The summed E-state index contributed by atoms with van der Waals surface area (Å²) in [4.78, 5) is 10.1. The molecule has 6 nitrogen and oxygen atoms in total. The maximum atomic E-state index is 11.5. The molecular formula is C12H18N2O4S. The van der Waals surface area contributed by atoms with Crippen LogP contribution >= 0.6 is 0 Å². The molecule has 1 aromatic carbocycles. The summed E-state index contributed by atoms with van der Waals surface area (Å²) >= 11 is 0. The van der Waals surface area contributed by atoms with Crippen molar-refractivity contribution in [2.45, 2.75) is 19.9 Å². The Morgan fingerprint density at radius 3 is 2.68 bits per heavy atom. The SMILES string of the molecule is CCCS(=O)(=O)CCNCc1cccc([N+](=O)[O-])c1. The third-order valence-corrected chi connectivity index (χ3v) is 4.41. The summed E-state index contributed by atoms with van der Waals surface area (Å²) in [6.07, 6.45) is 0.618. The molecule has 0 heterocycles. The van der Waals surface area contributed by atoms with Crippen LogP contribution in [0.15, 0.2) is 24.3 Å². The molecule has 0 aliphatic carbocycles. The van der Waals surface area contributed by atoms with Crippen LogP contribution in [0.3, 0.4) is 0 Å². The van der Waals surface area contributed by atoms with E-state index in [0.29, 0.717) is 19.5 Å². The summed E-state index contributed by atoms with van der Waals surface area (Å²) in [5, 5.41) is 13.6. The van der Waals surface area contributed by atoms with E-state index in [1.807, 2.05) is 6.92 Å². The van der Waals surface area contributed by atoms with E-state index >= 15 is 0 Å². The minimum absolute atomic E-state index is 0.0397. The van der Waals surface area contributed by atoms with Gasteiger partial charge in [-0.3, -0.25) is 10.1 Å². The molecule has 0 radical (unpaired) electrons. The Balaban J connectivity index is 2.42. The molecule has 0 saturated carbocycles. The molecule has 7 heteroatoms. The van der Waals surface area contributed by atoms with Crippen molar-refractivity contribution in [3.05, 3.63) is 39.9 Å². The van der Waals surface area contributed by atoms with Gasteiger partial charge in [0.1, 0.15) is 0 Å². The molecule has 0 saturated heterocycles. The van der Waals surface area contributed by atoms with Gasteiger partial charge in [-0.1, -0.05) is 19.1 Å². The topological polar surface area (TPSA) is 89.3 Å². The number of benzene rings is 1. The number of nitrogens with one attached hydrogen (secondary N) is 1. The molecule has 0 spiro atoms. The maximum Gasteiger partial charge on any atom is 0.269 e. The highest BCUT2D eigenvalue weighted by atomic mass is 32.2. The molecule has 0 aromatic heterocycles. The third-order valence-electron chi connectivity index (χ3n) is 2.56. The molecule has 0 unspecified atom stereocenters. The number of non-ortho nitro benzene ring substituents is 1. The Morgan fingerprint density at radius 2 is 2.05 bits per heavy atom. The number of nitrogens with zero attached hydrogens (tertiary/aromatic N) is 1. The van der Waals surface area contributed by atoms with Gasteiger partial charge in [-0.05, 0) is 12.0 Å². The van der Waals surface area contributed by atoms with Crippen molar-refractivity contribution in [1.82, 2.24) is 5.32 Å². The van der Waals surface area contributed by atoms with Gasteiger partial charge in [0.2, 0.25) is 0 Å². The first-order chi connectivity index (χ1) is 8.94. The monoisotopic (exact) mass is 286 g/mol. The second-order valence-corrected chi connectivity index (χ2v) is 6.56. The summed E-state index contributed by atoms with van der Waals surface area (Å²) in [6, 6.07) is 6.28. The summed E-state index contributed by atoms with van der Waals surface area (Å²) in [6.45, 7) is 2.60. The molecule has 106 valence electrons. The summed E-state index contributed by atoms with van der Waals surface area (Å²) < 4.78 is 22.9. The predicted octanol–water partition coefficient (Wildman–Crippen LogP) is 1.51. The van der Waals surface area contributed by atoms with E-state index in [1.165, 1.54) is 12.1 Å². The second kappa shape index (κ2) is 7.20. The smallest absolute Gasteiger partial charge is 0.269 e. The van der Waals surface area contributed by atoms with E-state index in [0.717, 1.165) is 5.56 Å². The Labute approximate surface area is 112 Å². The number of hydrogen-bond donors (Lipinski definition) is 1. The lowest BCUT2D eigenvalue weighted by molar-refractivity contribution is -0.384. The average molecular weight is 286 g/mol. The van der Waals surface area contributed by atoms with Crippen molar-refractivity contribution >= 4 is 15.5 Å². The Hall–Kier alpha value is -1.47. The molecule has 1 aromatic rings. The summed E-state index contributed by atoms with van der Waals surface area (Å²) in [7, 11) is -2.98. The standard InChI is InChI=1S/C12H18N2O4S/c1-2-7-19(17,18)8-6-13-10-11-4-3-5-12(9-11)14(15)16/h3-5,9,13H,2,6-8,10H2,1H3. The van der Waals surface area contributed by atoms with Gasteiger partial charge in [0.25, 0.3) is 5.69 Å². The van der Waals surface area contributed by atoms with Crippen LogP contribution in [0.4, 0.5) is 5.69 Å². The molecule has 0 aliphatic rings. The van der Waals surface area contributed by atoms with Crippen molar-refractivity contribution in [3.8, 4) is 0 Å². The molecule has 0 bridgehead atoms. The van der Waals surface area contributed by atoms with E-state index in [4.69, 9.17) is 0 Å². The fraction of sp³-hybridized carbons (Fsp3) is 0.500. The summed E-state index contributed by atoms with van der Waals surface area (Å²) in [5.41, 5.74) is 0.806. The number of rotatable bonds is 8. The lowest BCUT2D eigenvalue weighted by Crippen LogP contribution is -2.24. The van der Waals surface area contributed by atoms with Gasteiger partial charge in [0.05, 0.1) is 10.7 Å². The number of sulfone groups is 1. The van der Waals surface area contributed by atoms with Crippen LogP contribution in [0, 0.1) is 10.1 Å². The first-order valence-corrected chi connectivity index (χ1v) is 7.91. The first kappa shape index (κ1) is 15.6. The molecule has 1 rings (SSSR count). The highest BCUT2D eigenvalue weighted by Crippen LogP contribution is 2.12. The molecule has 0 amide bonds. The van der Waals surface area contributed by atoms with Crippen LogP contribution in [0.2, 0.25) is 0 Å². The van der Waals surface area contributed by atoms with Crippen LogP contribution < -0.4 is 5.32 Å². The van der Waals surface area contributed by atoms with Gasteiger partial charge in [-0.15, -0.1) is 0 Å². The normalized spacial score (nSPS) is 11.4. The fourth-order valence-corrected chi connectivity index (χ4v) is 2.93. The van der Waals surface area contributed by atoms with Gasteiger partial charge in [0, 0.05) is 31.0 Å². The van der Waals surface area contributed by atoms with E-state index in [2.05, 4.69) is 5.32 Å². The number of hydrogen-bond acceptors (Lipinski definition) is 5. The van der Waals surface area contributed by atoms with Crippen LogP contribution in [0.5, 0.6) is 0 Å². The van der Waals surface area contributed by atoms with Crippen LogP contribution in [-0.4, -0.2) is 31.4 Å². The first-order valence-electron chi connectivity index (χ1n) is 6.09. The zero-order valence-electron chi connectivity index (χ0n) is 10.8. The largest absolute Gasteiger partial charge is 0.312 e. The zero-order valence-corrected chi connectivity index (χ0v) is 11.6. The summed E-state index contributed by atoms with van der Waals surface area (Å²) in [5.74, 6) is 0.293. The van der Waals surface area contributed by atoms with E-state index < -0.39 is 14.8 Å². The van der Waals surface area contributed by atoms with Gasteiger partial charge in [-0.2, -0.15) is 0 Å². The Bertz CT molecular complexity index is 528. The van der Waals surface area contributed by atoms with E-state index in [-0.39, 0.29) is 17.2 Å². The van der Waals surface area contributed by atoms with E-state index in [1.54, 1.807) is 12.1 Å². The van der Waals surface area contributed by atoms with E-state index in [9.17, 15) is 18.5 Å².